The number of nitrogens with one attached hydrogen (secondary N) is 3. The molecule has 2 amide bonds. The van der Waals surface area contributed by atoms with E-state index in [-0.39, 0.29) is 5.91 Å². The Morgan fingerprint density at radius 3 is 1.96 bits per heavy atom. The van der Waals surface area contributed by atoms with Gasteiger partial charge in [0.25, 0.3) is 0 Å². The number of hydrogen-bond donors (Lipinski definition) is 4. The van der Waals surface area contributed by atoms with Crippen LogP contribution < -0.4 is 21.7 Å². The summed E-state index contributed by atoms with van der Waals surface area (Å²) < 4.78 is 5.36. The first-order valence-corrected chi connectivity index (χ1v) is 18.9. The highest BCUT2D eigenvalue weighted by molar-refractivity contribution is 7.14. The number of anilines is 5. The molecule has 1 saturated heterocycles. The minimum absolute atomic E-state index is 0.0381. The number of hydrogen-bond acceptors (Lipinski definition) is 12. The molecule has 4 aromatic heterocycles. The van der Waals surface area contributed by atoms with Crippen molar-refractivity contribution in [1.82, 2.24) is 24.8 Å². The number of benzene rings is 2. The van der Waals surface area contributed by atoms with E-state index in [4.69, 9.17) is 10.5 Å². The number of aromatic nitrogens is 4. The third-order valence-electron chi connectivity index (χ3n) is 8.43. The topological polar surface area (TPSA) is 160 Å². The van der Waals surface area contributed by atoms with Crippen LogP contribution in [0.4, 0.5) is 27.3 Å². The molecule has 0 spiro atoms. The molecular weight excluding hydrogens is 707 g/mol. The van der Waals surface area contributed by atoms with Gasteiger partial charge in [0.15, 0.2) is 10.3 Å². The van der Waals surface area contributed by atoms with Crippen LogP contribution in [-0.4, -0.2) is 69.5 Å². The Kier molecular flexibility index (Phi) is 12.8. The lowest BCUT2D eigenvalue weighted by atomic mass is 10.1. The Hall–Kier alpha value is -5.54. The molecule has 7 rings (SSSR count). The van der Waals surface area contributed by atoms with Crippen LogP contribution >= 0.6 is 22.7 Å². The Morgan fingerprint density at radius 2 is 1.40 bits per heavy atom. The van der Waals surface area contributed by atoms with Crippen LogP contribution in [0.2, 0.25) is 0 Å². The summed E-state index contributed by atoms with van der Waals surface area (Å²) in [7, 11) is 0. The smallest absolute Gasteiger partial charge is 0.248 e. The number of morpholine rings is 1. The first kappa shape index (κ1) is 37.2. The molecule has 14 heteroatoms. The Bertz CT molecular complexity index is 2120. The van der Waals surface area contributed by atoms with E-state index in [0.717, 1.165) is 100 Å². The molecule has 0 bridgehead atoms. The highest BCUT2D eigenvalue weighted by Gasteiger charge is 2.13. The molecule has 272 valence electrons. The predicted molar refractivity (Wildman–Crippen MR) is 213 cm³/mol. The van der Waals surface area contributed by atoms with Crippen LogP contribution in [0.25, 0.3) is 22.5 Å². The molecular formula is C39H41N9O3S2. The van der Waals surface area contributed by atoms with Crippen LogP contribution in [0.15, 0.2) is 96.2 Å². The number of aryl methyl sites for hydroxylation is 2. The van der Waals surface area contributed by atoms with Gasteiger partial charge in [-0.1, -0.05) is 12.1 Å². The molecule has 0 unspecified atom stereocenters. The quantitative estimate of drug-likeness (QED) is 0.0979. The highest BCUT2D eigenvalue weighted by atomic mass is 32.1. The molecule has 5 heterocycles. The number of nitrogens with zero attached hydrogens (tertiary/aromatic N) is 5. The zero-order valence-corrected chi connectivity index (χ0v) is 31.2. The van der Waals surface area contributed by atoms with Crippen LogP contribution in [0.5, 0.6) is 0 Å². The summed E-state index contributed by atoms with van der Waals surface area (Å²) in [6.45, 7) is 8.40. The lowest BCUT2D eigenvalue weighted by Crippen LogP contribution is -2.37. The molecule has 5 N–H and O–H groups in total. The van der Waals surface area contributed by atoms with E-state index in [1.807, 2.05) is 73.1 Å². The maximum absolute atomic E-state index is 12.4. The number of primary amides is 1. The van der Waals surface area contributed by atoms with Crippen molar-refractivity contribution in [3.63, 3.8) is 0 Å². The lowest BCUT2D eigenvalue weighted by Gasteiger charge is -2.26. The van der Waals surface area contributed by atoms with Gasteiger partial charge in [-0.25, -0.2) is 9.97 Å². The van der Waals surface area contributed by atoms with E-state index in [0.29, 0.717) is 12.0 Å². The van der Waals surface area contributed by atoms with Crippen molar-refractivity contribution in [3.8, 4) is 22.5 Å². The number of pyridine rings is 2. The van der Waals surface area contributed by atoms with Crippen molar-refractivity contribution in [2.24, 2.45) is 5.73 Å². The van der Waals surface area contributed by atoms with Crippen molar-refractivity contribution in [3.05, 3.63) is 113 Å². The summed E-state index contributed by atoms with van der Waals surface area (Å²) in [6, 6.07) is 18.9. The lowest BCUT2D eigenvalue weighted by molar-refractivity contribution is -0.116. The van der Waals surface area contributed by atoms with Gasteiger partial charge >= 0.3 is 0 Å². The van der Waals surface area contributed by atoms with E-state index < -0.39 is 5.91 Å². The summed E-state index contributed by atoms with van der Waals surface area (Å²) in [5, 5.41) is 15.2. The highest BCUT2D eigenvalue weighted by Crippen LogP contribution is 2.30. The first-order valence-electron chi connectivity index (χ1n) is 17.2. The standard InChI is InChI=1S/C23H27N5O2S.C16H14N4OS/c1-17-6-7-19(25-22(29)5-3-9-28-10-12-30-13-11-28)14-20(17)26-23-27-21(16-31-23)18-4-2-8-24-15-18;1-10-4-5-11(15(17)21)7-13(10)19-16-20-14(9-22-16)12-3-2-6-18-8-12/h2,4,6-8,14-16H,3,5,9-13H2,1H3,(H,25,29)(H,26,27);2-9H,1H3,(H2,17,21)(H,19,20). The molecule has 2 aromatic carbocycles. The van der Waals surface area contributed by atoms with Crippen molar-refractivity contribution >= 4 is 61.8 Å². The fourth-order valence-corrected chi connectivity index (χ4v) is 6.91. The number of ether oxygens (including phenoxy) is 1. The second-order valence-corrected chi connectivity index (χ2v) is 14.1. The van der Waals surface area contributed by atoms with E-state index in [2.05, 4.69) is 40.8 Å². The van der Waals surface area contributed by atoms with Gasteiger partial charge in [0.05, 0.1) is 24.6 Å². The Morgan fingerprint density at radius 1 is 0.811 bits per heavy atom. The summed E-state index contributed by atoms with van der Waals surface area (Å²) in [6.07, 6.45) is 8.42. The van der Waals surface area contributed by atoms with Gasteiger partial charge in [0.1, 0.15) is 0 Å². The number of nitrogens with two attached hydrogens (primary N) is 1. The monoisotopic (exact) mass is 747 g/mol. The minimum Gasteiger partial charge on any atom is -0.379 e. The summed E-state index contributed by atoms with van der Waals surface area (Å²) in [5.74, 6) is -0.408. The summed E-state index contributed by atoms with van der Waals surface area (Å²) in [4.78, 5) is 43.4. The van der Waals surface area contributed by atoms with E-state index in [1.54, 1.807) is 48.3 Å². The minimum atomic E-state index is -0.446. The molecule has 0 aliphatic carbocycles. The molecule has 0 saturated carbocycles. The van der Waals surface area contributed by atoms with Gasteiger partial charge < -0.3 is 26.4 Å². The molecule has 1 aliphatic heterocycles. The van der Waals surface area contributed by atoms with Crippen LogP contribution in [-0.2, 0) is 9.53 Å². The van der Waals surface area contributed by atoms with Crippen LogP contribution in [0.1, 0.15) is 34.3 Å². The van der Waals surface area contributed by atoms with Crippen molar-refractivity contribution in [1.29, 1.82) is 0 Å². The molecule has 6 aromatic rings. The Balaban J connectivity index is 0.000000192. The molecule has 1 fully saturated rings. The predicted octanol–water partition coefficient (Wildman–Crippen LogP) is 7.66. The van der Waals surface area contributed by atoms with Gasteiger partial charge in [-0.15, -0.1) is 22.7 Å². The maximum atomic E-state index is 12.4. The molecule has 0 radical (unpaired) electrons. The van der Waals surface area contributed by atoms with Crippen molar-refractivity contribution in [2.45, 2.75) is 26.7 Å². The van der Waals surface area contributed by atoms with Gasteiger partial charge in [0.2, 0.25) is 11.8 Å². The fourth-order valence-electron chi connectivity index (χ4n) is 5.44. The fraction of sp³-hybridized carbons (Fsp3) is 0.231. The number of carbonyl (C=O) groups excluding carboxylic acids is 2. The van der Waals surface area contributed by atoms with E-state index in [1.165, 1.54) is 11.3 Å². The number of amides is 2. The molecule has 0 atom stereocenters. The third kappa shape index (κ3) is 10.7. The summed E-state index contributed by atoms with van der Waals surface area (Å²) >= 11 is 3.04. The van der Waals surface area contributed by atoms with Gasteiger partial charge in [-0.2, -0.15) is 0 Å². The largest absolute Gasteiger partial charge is 0.379 e. The second-order valence-electron chi connectivity index (χ2n) is 12.3. The first-order chi connectivity index (χ1) is 25.8. The van der Waals surface area contributed by atoms with E-state index in [9.17, 15) is 9.59 Å². The maximum Gasteiger partial charge on any atom is 0.248 e. The normalized spacial score (nSPS) is 12.7. The van der Waals surface area contributed by atoms with Crippen LogP contribution in [0.3, 0.4) is 0 Å². The molecule has 12 nitrogen and oxygen atoms in total. The zero-order chi connectivity index (χ0) is 37.0. The van der Waals surface area contributed by atoms with Gasteiger partial charge in [-0.05, 0) is 86.5 Å². The van der Waals surface area contributed by atoms with Crippen molar-refractivity contribution in [2.75, 3.05) is 48.8 Å². The SMILES string of the molecule is Cc1ccc(C(N)=O)cc1Nc1nc(-c2cccnc2)cs1.Cc1ccc(NC(=O)CCCN2CCOCC2)cc1Nc1nc(-c2cccnc2)cs1. The van der Waals surface area contributed by atoms with Gasteiger partial charge in [-0.3, -0.25) is 24.5 Å². The second kappa shape index (κ2) is 18.3. The third-order valence-corrected chi connectivity index (χ3v) is 9.95. The zero-order valence-electron chi connectivity index (χ0n) is 29.5. The molecule has 1 aliphatic rings. The number of carbonyl (C=O) groups is 2. The number of rotatable bonds is 12. The average Bonchev–Trinajstić information content (AvgIpc) is 3.85. The Labute approximate surface area is 316 Å². The molecule has 53 heavy (non-hydrogen) atoms. The average molecular weight is 748 g/mol. The van der Waals surface area contributed by atoms with E-state index >= 15 is 0 Å². The van der Waals surface area contributed by atoms with Crippen LogP contribution in [0, 0.1) is 13.8 Å². The van der Waals surface area contributed by atoms with Crippen molar-refractivity contribution < 1.29 is 14.3 Å². The van der Waals surface area contributed by atoms with Gasteiger partial charge in [0, 0.05) is 88.8 Å². The number of thiazole rings is 2. The summed E-state index contributed by atoms with van der Waals surface area (Å²) in [5.41, 5.74) is 14.1.